The van der Waals surface area contributed by atoms with Crippen LogP contribution in [-0.4, -0.2) is 0 Å². The first-order valence-corrected chi connectivity index (χ1v) is 6.40. The standard InChI is InChI=1S/C14H7Cl2F5/c15-8-2-3-9(12(16)6-8)7-1-4-11(14(19,20)21)10(5-7)13(17)18/h1-6,13H. The van der Waals surface area contributed by atoms with Crippen molar-refractivity contribution in [2.24, 2.45) is 0 Å². The van der Waals surface area contributed by atoms with Gasteiger partial charge in [-0.3, -0.25) is 0 Å². The number of halogens is 7. The zero-order chi connectivity index (χ0) is 15.8. The predicted molar refractivity (Wildman–Crippen MR) is 71.9 cm³/mol. The van der Waals surface area contributed by atoms with E-state index in [1.54, 1.807) is 0 Å². The second kappa shape index (κ2) is 5.81. The number of benzene rings is 2. The summed E-state index contributed by atoms with van der Waals surface area (Å²) in [5.41, 5.74) is -1.94. The molecule has 0 radical (unpaired) electrons. The molecule has 0 atom stereocenters. The van der Waals surface area contributed by atoms with Crippen molar-refractivity contribution in [1.82, 2.24) is 0 Å². The van der Waals surface area contributed by atoms with Gasteiger partial charge in [0.1, 0.15) is 0 Å². The molecule has 2 aromatic carbocycles. The molecule has 0 saturated carbocycles. The Morgan fingerprint density at radius 2 is 1.57 bits per heavy atom. The summed E-state index contributed by atoms with van der Waals surface area (Å²) >= 11 is 11.6. The van der Waals surface area contributed by atoms with Crippen LogP contribution in [0.5, 0.6) is 0 Å². The van der Waals surface area contributed by atoms with Gasteiger partial charge in [0.2, 0.25) is 0 Å². The molecule has 7 heteroatoms. The third-order valence-corrected chi connectivity index (χ3v) is 3.38. The van der Waals surface area contributed by atoms with E-state index in [2.05, 4.69) is 0 Å². The van der Waals surface area contributed by atoms with Crippen molar-refractivity contribution in [2.75, 3.05) is 0 Å². The molecule has 0 aromatic heterocycles. The number of rotatable bonds is 2. The van der Waals surface area contributed by atoms with E-state index < -0.39 is 23.7 Å². The monoisotopic (exact) mass is 340 g/mol. The van der Waals surface area contributed by atoms with Gasteiger partial charge in [-0.1, -0.05) is 35.3 Å². The fourth-order valence-electron chi connectivity index (χ4n) is 1.89. The average molecular weight is 341 g/mol. The van der Waals surface area contributed by atoms with Crippen LogP contribution in [0.15, 0.2) is 36.4 Å². The van der Waals surface area contributed by atoms with Gasteiger partial charge in [-0.2, -0.15) is 13.2 Å². The minimum Gasteiger partial charge on any atom is -0.205 e. The molecule has 112 valence electrons. The van der Waals surface area contributed by atoms with Crippen LogP contribution in [0, 0.1) is 0 Å². The quantitative estimate of drug-likeness (QED) is 0.539. The first-order valence-electron chi connectivity index (χ1n) is 5.65. The van der Waals surface area contributed by atoms with Crippen molar-refractivity contribution in [3.8, 4) is 11.1 Å². The molecule has 0 unspecified atom stereocenters. The second-order valence-corrected chi connectivity index (χ2v) is 5.07. The van der Waals surface area contributed by atoms with E-state index in [-0.39, 0.29) is 10.6 Å². The molecule has 21 heavy (non-hydrogen) atoms. The van der Waals surface area contributed by atoms with Gasteiger partial charge >= 0.3 is 6.18 Å². The van der Waals surface area contributed by atoms with Gasteiger partial charge in [-0.05, 0) is 29.8 Å². The van der Waals surface area contributed by atoms with Crippen molar-refractivity contribution < 1.29 is 22.0 Å². The Hall–Kier alpha value is -1.33. The lowest BCUT2D eigenvalue weighted by molar-refractivity contribution is -0.139. The Morgan fingerprint density at radius 3 is 2.10 bits per heavy atom. The Balaban J connectivity index is 2.60. The fraction of sp³-hybridized carbons (Fsp3) is 0.143. The largest absolute Gasteiger partial charge is 0.416 e. The van der Waals surface area contributed by atoms with Crippen molar-refractivity contribution in [3.63, 3.8) is 0 Å². The summed E-state index contributed by atoms with van der Waals surface area (Å²) in [4.78, 5) is 0. The second-order valence-electron chi connectivity index (χ2n) is 4.22. The summed E-state index contributed by atoms with van der Waals surface area (Å²) in [6.07, 6.45) is -8.08. The molecule has 0 aliphatic carbocycles. The van der Waals surface area contributed by atoms with Crippen molar-refractivity contribution in [2.45, 2.75) is 12.6 Å². The van der Waals surface area contributed by atoms with Gasteiger partial charge in [0, 0.05) is 21.2 Å². The highest BCUT2D eigenvalue weighted by Crippen LogP contribution is 2.39. The molecule has 0 aliphatic rings. The molecule has 0 nitrogen and oxygen atoms in total. The smallest absolute Gasteiger partial charge is 0.205 e. The molecule has 2 rings (SSSR count). The van der Waals surface area contributed by atoms with Gasteiger partial charge in [0.05, 0.1) is 5.56 Å². The Bertz CT molecular complexity index is 665. The third-order valence-electron chi connectivity index (χ3n) is 2.83. The minimum atomic E-state index is -4.84. The molecule has 0 saturated heterocycles. The zero-order valence-corrected chi connectivity index (χ0v) is 11.7. The number of alkyl halides is 5. The molecule has 0 fully saturated rings. The lowest BCUT2D eigenvalue weighted by Crippen LogP contribution is -2.09. The van der Waals surface area contributed by atoms with Crippen LogP contribution in [0.3, 0.4) is 0 Å². The lowest BCUT2D eigenvalue weighted by atomic mass is 9.99. The zero-order valence-electron chi connectivity index (χ0n) is 10.2. The molecular weight excluding hydrogens is 334 g/mol. The van der Waals surface area contributed by atoms with E-state index in [4.69, 9.17) is 23.2 Å². The van der Waals surface area contributed by atoms with Gasteiger partial charge < -0.3 is 0 Å². The molecular formula is C14H7Cl2F5. The van der Waals surface area contributed by atoms with Crippen LogP contribution in [0.1, 0.15) is 17.6 Å². The first kappa shape index (κ1) is 16.0. The maximum Gasteiger partial charge on any atom is 0.416 e. The topological polar surface area (TPSA) is 0 Å². The van der Waals surface area contributed by atoms with Gasteiger partial charge in [0.15, 0.2) is 0 Å². The highest BCUT2D eigenvalue weighted by Gasteiger charge is 2.35. The van der Waals surface area contributed by atoms with Crippen LogP contribution < -0.4 is 0 Å². The highest BCUT2D eigenvalue weighted by molar-refractivity contribution is 6.36. The first-order chi connectivity index (χ1) is 9.70. The number of hydrogen-bond acceptors (Lipinski definition) is 0. The summed E-state index contributed by atoms with van der Waals surface area (Å²) in [6.45, 7) is 0. The van der Waals surface area contributed by atoms with Crippen LogP contribution in [0.4, 0.5) is 22.0 Å². The molecule has 0 aliphatic heterocycles. The van der Waals surface area contributed by atoms with Gasteiger partial charge in [0.25, 0.3) is 6.43 Å². The normalized spacial score (nSPS) is 12.0. The molecule has 0 heterocycles. The molecule has 0 amide bonds. The van der Waals surface area contributed by atoms with Crippen molar-refractivity contribution in [1.29, 1.82) is 0 Å². The van der Waals surface area contributed by atoms with E-state index in [9.17, 15) is 22.0 Å². The molecule has 0 N–H and O–H groups in total. The maximum atomic E-state index is 12.9. The lowest BCUT2D eigenvalue weighted by Gasteiger charge is -2.14. The van der Waals surface area contributed by atoms with Crippen LogP contribution in [0.2, 0.25) is 10.0 Å². The summed E-state index contributed by atoms with van der Waals surface area (Å²) in [6, 6.07) is 6.84. The van der Waals surface area contributed by atoms with E-state index in [1.165, 1.54) is 18.2 Å². The molecule has 2 aromatic rings. The Morgan fingerprint density at radius 1 is 0.905 bits per heavy atom. The van der Waals surface area contributed by atoms with Gasteiger partial charge in [-0.25, -0.2) is 8.78 Å². The van der Waals surface area contributed by atoms with E-state index in [1.807, 2.05) is 0 Å². The minimum absolute atomic E-state index is 0.167. The molecule has 0 bridgehead atoms. The van der Waals surface area contributed by atoms with E-state index in [0.717, 1.165) is 12.1 Å². The maximum absolute atomic E-state index is 12.9. The van der Waals surface area contributed by atoms with Crippen LogP contribution in [0.25, 0.3) is 11.1 Å². The fourth-order valence-corrected chi connectivity index (χ4v) is 2.41. The average Bonchev–Trinajstić information content (AvgIpc) is 2.37. The summed E-state index contributed by atoms with van der Waals surface area (Å²) in [7, 11) is 0. The van der Waals surface area contributed by atoms with E-state index in [0.29, 0.717) is 16.7 Å². The van der Waals surface area contributed by atoms with Crippen molar-refractivity contribution in [3.05, 3.63) is 57.6 Å². The predicted octanol–water partition coefficient (Wildman–Crippen LogP) is 6.62. The summed E-state index contributed by atoms with van der Waals surface area (Å²) in [5.74, 6) is 0. The summed E-state index contributed by atoms with van der Waals surface area (Å²) in [5, 5.41) is 0.507. The van der Waals surface area contributed by atoms with Crippen molar-refractivity contribution >= 4 is 23.2 Å². The van der Waals surface area contributed by atoms with E-state index >= 15 is 0 Å². The molecule has 0 spiro atoms. The van der Waals surface area contributed by atoms with Gasteiger partial charge in [-0.15, -0.1) is 0 Å². The third kappa shape index (κ3) is 3.47. The number of hydrogen-bond donors (Lipinski definition) is 0. The Labute approximate surface area is 127 Å². The highest BCUT2D eigenvalue weighted by atomic mass is 35.5. The Kier molecular flexibility index (Phi) is 4.44. The van der Waals surface area contributed by atoms with Crippen LogP contribution >= 0.6 is 23.2 Å². The summed E-state index contributed by atoms with van der Waals surface area (Å²) < 4.78 is 63.8. The van der Waals surface area contributed by atoms with Crippen LogP contribution in [-0.2, 0) is 6.18 Å². The SMILES string of the molecule is FC(F)c1cc(-c2ccc(Cl)cc2Cl)ccc1C(F)(F)F.